The van der Waals surface area contributed by atoms with E-state index in [2.05, 4.69) is 0 Å². The van der Waals surface area contributed by atoms with E-state index >= 15 is 0 Å². The van der Waals surface area contributed by atoms with Crippen molar-refractivity contribution in [2.75, 3.05) is 10.2 Å². The lowest BCUT2D eigenvalue weighted by Crippen LogP contribution is -1.81. The van der Waals surface area contributed by atoms with Gasteiger partial charge < -0.3 is 10.2 Å². The lowest BCUT2D eigenvalue weighted by molar-refractivity contribution is 0.411. The Balaban J connectivity index is 2.33. The first-order chi connectivity index (χ1) is 6.79. The van der Waals surface area contributed by atoms with Gasteiger partial charge in [-0.05, 0) is 0 Å². The van der Waals surface area contributed by atoms with Crippen LogP contribution >= 0.6 is 47.0 Å². The van der Waals surface area contributed by atoms with Gasteiger partial charge in [0.1, 0.15) is 11.5 Å². The van der Waals surface area contributed by atoms with E-state index in [0.29, 0.717) is 11.5 Å². The Morgan fingerprint density at radius 2 is 0.929 bits per heavy atom. The van der Waals surface area contributed by atoms with Gasteiger partial charge in [-0.15, -0.1) is 47.0 Å². The predicted molar refractivity (Wildman–Crippen MR) is 62.9 cm³/mol. The maximum atomic E-state index is 9.98. The third-order valence-electron chi connectivity index (χ3n) is 2.09. The molecule has 0 saturated carbocycles. The average Bonchev–Trinajstić information content (AvgIpc) is 2.82. The number of rotatable bonds is 0. The zero-order valence-corrected chi connectivity index (χ0v) is 10.2. The van der Waals surface area contributed by atoms with E-state index in [1.165, 1.54) is 0 Å². The summed E-state index contributed by atoms with van der Waals surface area (Å²) in [6, 6.07) is 0. The quantitative estimate of drug-likeness (QED) is 0.698. The number of phenolic OH excluding ortho intramolecular Hbond substituents is 2. The highest BCUT2D eigenvalue weighted by Gasteiger charge is 2.30. The summed E-state index contributed by atoms with van der Waals surface area (Å²) in [6.45, 7) is 0. The fraction of sp³-hybridized carbons (Fsp3) is 0.250. The molecule has 0 aliphatic carbocycles. The molecule has 0 amide bonds. The van der Waals surface area contributed by atoms with Crippen LogP contribution in [-0.4, -0.2) is 20.4 Å². The van der Waals surface area contributed by atoms with Gasteiger partial charge in [0, 0.05) is 10.2 Å². The molecule has 6 heteroatoms. The highest BCUT2D eigenvalue weighted by molar-refractivity contribution is 8.19. The zero-order valence-electron chi connectivity index (χ0n) is 6.94. The third kappa shape index (κ3) is 1.17. The van der Waals surface area contributed by atoms with Crippen molar-refractivity contribution in [3.63, 3.8) is 0 Å². The Morgan fingerprint density at radius 1 is 0.643 bits per heavy atom. The minimum absolute atomic E-state index is 0.373. The van der Waals surface area contributed by atoms with Gasteiger partial charge in [0.05, 0.1) is 19.6 Å². The number of thioether (sulfide) groups is 4. The van der Waals surface area contributed by atoms with Crippen LogP contribution in [0, 0.1) is 0 Å². The number of fused-ring (bicyclic) bond motifs is 2. The first kappa shape index (κ1) is 9.45. The fourth-order valence-electron chi connectivity index (χ4n) is 1.47. The van der Waals surface area contributed by atoms with E-state index < -0.39 is 0 Å². The normalized spacial score (nSPS) is 18.3. The van der Waals surface area contributed by atoms with Crippen LogP contribution in [-0.2, 0) is 0 Å². The second kappa shape index (κ2) is 3.37. The molecule has 0 fully saturated rings. The van der Waals surface area contributed by atoms with Crippen LogP contribution in [0.2, 0.25) is 0 Å². The van der Waals surface area contributed by atoms with Gasteiger partial charge in [-0.3, -0.25) is 0 Å². The first-order valence-electron chi connectivity index (χ1n) is 3.92. The molecule has 0 saturated heterocycles. The van der Waals surface area contributed by atoms with Crippen molar-refractivity contribution < 1.29 is 10.2 Å². The van der Waals surface area contributed by atoms with Gasteiger partial charge in [0.2, 0.25) is 0 Å². The summed E-state index contributed by atoms with van der Waals surface area (Å²) in [7, 11) is 0. The number of phenols is 2. The lowest BCUT2D eigenvalue weighted by atomic mass is 10.3. The molecule has 2 nitrogen and oxygen atoms in total. The molecule has 2 N–H and O–H groups in total. The van der Waals surface area contributed by atoms with Gasteiger partial charge in [-0.2, -0.15) is 0 Å². The van der Waals surface area contributed by atoms with Crippen molar-refractivity contribution in [3.8, 4) is 11.5 Å². The molecule has 2 aliphatic rings. The molecule has 14 heavy (non-hydrogen) atoms. The molecule has 0 aromatic heterocycles. The summed E-state index contributed by atoms with van der Waals surface area (Å²) in [5.41, 5.74) is 0. The summed E-state index contributed by atoms with van der Waals surface area (Å²) in [6.07, 6.45) is 0. The summed E-state index contributed by atoms with van der Waals surface area (Å²) >= 11 is 6.42. The third-order valence-corrected chi connectivity index (χ3v) is 6.97. The van der Waals surface area contributed by atoms with Crippen molar-refractivity contribution in [1.29, 1.82) is 0 Å². The van der Waals surface area contributed by atoms with E-state index in [1.54, 1.807) is 47.0 Å². The average molecular weight is 262 g/mol. The Hall–Kier alpha value is 0.220. The highest BCUT2D eigenvalue weighted by Crippen LogP contribution is 2.61. The van der Waals surface area contributed by atoms with Gasteiger partial charge >= 0.3 is 0 Å². The van der Waals surface area contributed by atoms with Gasteiger partial charge in [-0.1, -0.05) is 0 Å². The molecular weight excluding hydrogens is 256 g/mol. The van der Waals surface area contributed by atoms with E-state index in [-0.39, 0.29) is 0 Å². The topological polar surface area (TPSA) is 40.5 Å². The highest BCUT2D eigenvalue weighted by atomic mass is 32.2. The zero-order chi connectivity index (χ0) is 9.71. The molecule has 3 rings (SSSR count). The van der Waals surface area contributed by atoms with Crippen molar-refractivity contribution in [2.24, 2.45) is 0 Å². The van der Waals surface area contributed by atoms with E-state index in [4.69, 9.17) is 0 Å². The Labute approximate surface area is 98.2 Å². The molecule has 1 aromatic carbocycles. The Kier molecular flexibility index (Phi) is 2.27. The van der Waals surface area contributed by atoms with Crippen LogP contribution in [0.1, 0.15) is 0 Å². The largest absolute Gasteiger partial charge is 0.506 e. The Bertz CT molecular complexity index is 346. The monoisotopic (exact) mass is 262 g/mol. The summed E-state index contributed by atoms with van der Waals surface area (Å²) in [5.74, 6) is 0.746. The molecule has 2 aliphatic heterocycles. The maximum absolute atomic E-state index is 9.98. The van der Waals surface area contributed by atoms with E-state index in [9.17, 15) is 10.2 Å². The molecule has 0 atom stereocenters. The predicted octanol–water partition coefficient (Wildman–Crippen LogP) is 3.41. The van der Waals surface area contributed by atoms with E-state index in [1.807, 2.05) is 0 Å². The van der Waals surface area contributed by atoms with Crippen molar-refractivity contribution in [3.05, 3.63) is 0 Å². The molecule has 0 bridgehead atoms. The fourth-order valence-corrected chi connectivity index (χ4v) is 6.53. The minimum atomic E-state index is 0.373. The number of benzene rings is 1. The molecule has 2 heterocycles. The number of aromatic hydroxyl groups is 2. The van der Waals surface area contributed by atoms with Crippen LogP contribution < -0.4 is 0 Å². The molecule has 1 aromatic rings. The summed E-state index contributed by atoms with van der Waals surface area (Å²) in [5, 5.41) is 21.7. The SMILES string of the molecule is Oc1c2c(c(O)c3c1SCS3)SCS2. The Morgan fingerprint density at radius 3 is 1.21 bits per heavy atom. The number of hydrogen-bond donors (Lipinski definition) is 2. The van der Waals surface area contributed by atoms with Crippen LogP contribution in [0.3, 0.4) is 0 Å². The van der Waals surface area contributed by atoms with Crippen LogP contribution in [0.25, 0.3) is 0 Å². The van der Waals surface area contributed by atoms with Gasteiger partial charge in [-0.25, -0.2) is 0 Å². The molecule has 0 spiro atoms. The van der Waals surface area contributed by atoms with Crippen LogP contribution in [0.5, 0.6) is 11.5 Å². The standard InChI is InChI=1S/C8H6O2S4/c9-3-5-6(12-1-11-5)4(10)8-7(3)13-2-14-8/h9-10H,1-2H2. The molecule has 0 radical (unpaired) electrons. The van der Waals surface area contributed by atoms with Crippen molar-refractivity contribution in [2.45, 2.75) is 19.6 Å². The molecule has 0 unspecified atom stereocenters. The second-order valence-electron chi connectivity index (χ2n) is 2.83. The molecular formula is C8H6O2S4. The second-order valence-corrected chi connectivity index (χ2v) is 7.50. The summed E-state index contributed by atoms with van der Waals surface area (Å²) < 4.78 is 0. The van der Waals surface area contributed by atoms with Crippen LogP contribution in [0.4, 0.5) is 0 Å². The smallest absolute Gasteiger partial charge is 0.145 e. The molecule has 74 valence electrons. The lowest BCUT2D eigenvalue weighted by Gasteiger charge is -2.09. The maximum Gasteiger partial charge on any atom is 0.145 e. The number of hydrogen-bond acceptors (Lipinski definition) is 6. The van der Waals surface area contributed by atoms with Crippen molar-refractivity contribution >= 4 is 47.0 Å². The first-order valence-corrected chi connectivity index (χ1v) is 7.86. The van der Waals surface area contributed by atoms with Gasteiger partial charge in [0.15, 0.2) is 0 Å². The van der Waals surface area contributed by atoms with E-state index in [0.717, 1.165) is 29.8 Å². The summed E-state index contributed by atoms with van der Waals surface area (Å²) in [4.78, 5) is 3.45. The minimum Gasteiger partial charge on any atom is -0.506 e. The van der Waals surface area contributed by atoms with Crippen molar-refractivity contribution in [1.82, 2.24) is 0 Å². The van der Waals surface area contributed by atoms with Gasteiger partial charge in [0.25, 0.3) is 0 Å². The van der Waals surface area contributed by atoms with Crippen LogP contribution in [0.15, 0.2) is 19.6 Å².